The van der Waals surface area contributed by atoms with Gasteiger partial charge in [-0.25, -0.2) is 4.79 Å². The summed E-state index contributed by atoms with van der Waals surface area (Å²) in [5.41, 5.74) is 1.15. The molecule has 2 aromatic carbocycles. The summed E-state index contributed by atoms with van der Waals surface area (Å²) in [7, 11) is 0. The predicted octanol–water partition coefficient (Wildman–Crippen LogP) is 2.24. The Labute approximate surface area is 136 Å². The van der Waals surface area contributed by atoms with E-state index >= 15 is 0 Å². The third-order valence-corrected chi connectivity index (χ3v) is 3.01. The second-order valence-corrected chi connectivity index (χ2v) is 4.86. The second-order valence-electron chi connectivity index (χ2n) is 4.86. The molecule has 0 unspecified atom stereocenters. The van der Waals surface area contributed by atoms with Crippen LogP contribution in [0, 0.1) is 10.1 Å². The van der Waals surface area contributed by atoms with Crippen LogP contribution in [0.1, 0.15) is 5.56 Å². The van der Waals surface area contributed by atoms with Crippen LogP contribution >= 0.6 is 0 Å². The summed E-state index contributed by atoms with van der Waals surface area (Å²) in [4.78, 5) is 32.4. The SMILES string of the molecule is O=C(O)COc1ccc(NC(=O)Cc2ccc([N+](=O)[O-])cc2)cc1. The predicted molar refractivity (Wildman–Crippen MR) is 85.0 cm³/mol. The van der Waals surface area contributed by atoms with Crippen LogP contribution in [0.25, 0.3) is 0 Å². The van der Waals surface area contributed by atoms with Crippen LogP contribution in [0.3, 0.4) is 0 Å². The maximum Gasteiger partial charge on any atom is 0.341 e. The van der Waals surface area contributed by atoms with Crippen molar-refractivity contribution in [3.63, 3.8) is 0 Å². The van der Waals surface area contributed by atoms with Crippen molar-refractivity contribution in [3.05, 3.63) is 64.2 Å². The molecule has 1 amide bonds. The smallest absolute Gasteiger partial charge is 0.341 e. The number of carbonyl (C=O) groups is 2. The third-order valence-electron chi connectivity index (χ3n) is 3.01. The molecule has 8 nitrogen and oxygen atoms in total. The van der Waals surface area contributed by atoms with Crippen LogP contribution < -0.4 is 10.1 Å². The first-order valence-electron chi connectivity index (χ1n) is 6.92. The minimum atomic E-state index is -1.07. The van der Waals surface area contributed by atoms with E-state index in [4.69, 9.17) is 9.84 Å². The number of carbonyl (C=O) groups excluding carboxylic acids is 1. The topological polar surface area (TPSA) is 119 Å². The van der Waals surface area contributed by atoms with E-state index in [1.54, 1.807) is 24.3 Å². The number of non-ortho nitro benzene ring substituents is 1. The van der Waals surface area contributed by atoms with Gasteiger partial charge in [0.1, 0.15) is 5.75 Å². The number of nitrogens with zero attached hydrogens (tertiary/aromatic N) is 1. The molecule has 0 spiro atoms. The molecule has 2 aromatic rings. The van der Waals surface area contributed by atoms with Gasteiger partial charge < -0.3 is 15.2 Å². The number of nitro groups is 1. The Morgan fingerprint density at radius 1 is 1.08 bits per heavy atom. The molecule has 0 aromatic heterocycles. The highest BCUT2D eigenvalue weighted by Crippen LogP contribution is 2.17. The largest absolute Gasteiger partial charge is 0.482 e. The lowest BCUT2D eigenvalue weighted by Crippen LogP contribution is -2.14. The zero-order valence-electron chi connectivity index (χ0n) is 12.5. The van der Waals surface area contributed by atoms with E-state index in [2.05, 4.69) is 5.32 Å². The Morgan fingerprint density at radius 3 is 2.25 bits per heavy atom. The molecule has 0 atom stereocenters. The second kappa shape index (κ2) is 7.73. The first-order valence-corrected chi connectivity index (χ1v) is 6.92. The Morgan fingerprint density at radius 2 is 1.71 bits per heavy atom. The number of carboxylic acids is 1. The molecule has 0 fully saturated rings. The third kappa shape index (κ3) is 5.09. The quantitative estimate of drug-likeness (QED) is 0.593. The standard InChI is InChI=1S/C16H14N2O6/c19-15(9-11-1-5-13(6-2-11)18(22)23)17-12-3-7-14(8-4-12)24-10-16(20)21/h1-8H,9-10H2,(H,17,19)(H,20,21). The molecule has 0 bridgehead atoms. The summed E-state index contributed by atoms with van der Waals surface area (Å²) in [5.74, 6) is -0.968. The maximum atomic E-state index is 11.9. The Hall–Kier alpha value is -3.42. The fourth-order valence-corrected chi connectivity index (χ4v) is 1.91. The number of nitro benzene ring substituents is 1. The van der Waals surface area contributed by atoms with Crippen molar-refractivity contribution in [2.45, 2.75) is 6.42 Å². The van der Waals surface area contributed by atoms with E-state index in [1.807, 2.05) is 0 Å². The average molecular weight is 330 g/mol. The summed E-state index contributed by atoms with van der Waals surface area (Å²) in [5, 5.41) is 21.8. The van der Waals surface area contributed by atoms with E-state index in [0.29, 0.717) is 17.0 Å². The number of nitrogens with one attached hydrogen (secondary N) is 1. The molecule has 2 N–H and O–H groups in total. The minimum absolute atomic E-state index is 0.0314. The van der Waals surface area contributed by atoms with Gasteiger partial charge in [0.2, 0.25) is 5.91 Å². The lowest BCUT2D eigenvalue weighted by molar-refractivity contribution is -0.384. The van der Waals surface area contributed by atoms with E-state index in [9.17, 15) is 19.7 Å². The van der Waals surface area contributed by atoms with E-state index in [1.165, 1.54) is 24.3 Å². The fraction of sp³-hybridized carbons (Fsp3) is 0.125. The van der Waals surface area contributed by atoms with Crippen LogP contribution in [0.5, 0.6) is 5.75 Å². The molecule has 0 aliphatic heterocycles. The Balaban J connectivity index is 1.89. The average Bonchev–Trinajstić information content (AvgIpc) is 2.54. The van der Waals surface area contributed by atoms with Crippen LogP contribution in [-0.2, 0) is 16.0 Å². The lowest BCUT2D eigenvalue weighted by Gasteiger charge is -2.07. The molecule has 2 rings (SSSR count). The molecular formula is C16H14N2O6. The zero-order chi connectivity index (χ0) is 17.5. The van der Waals surface area contributed by atoms with Crippen molar-refractivity contribution >= 4 is 23.3 Å². The molecule has 124 valence electrons. The minimum Gasteiger partial charge on any atom is -0.482 e. The summed E-state index contributed by atoms with van der Waals surface area (Å²) >= 11 is 0. The molecule has 0 aliphatic carbocycles. The number of ether oxygens (including phenoxy) is 1. The number of carboxylic acid groups (broad SMARTS) is 1. The van der Waals surface area contributed by atoms with Gasteiger partial charge >= 0.3 is 5.97 Å². The number of benzene rings is 2. The van der Waals surface area contributed by atoms with E-state index in [0.717, 1.165) is 0 Å². The zero-order valence-corrected chi connectivity index (χ0v) is 12.5. The molecule has 0 saturated heterocycles. The van der Waals surface area contributed by atoms with E-state index < -0.39 is 17.5 Å². The van der Waals surface area contributed by atoms with Gasteiger partial charge in [0.05, 0.1) is 11.3 Å². The van der Waals surface area contributed by atoms with Crippen molar-refractivity contribution in [3.8, 4) is 5.75 Å². The summed E-state index contributed by atoms with van der Waals surface area (Å²) < 4.78 is 4.99. The monoisotopic (exact) mass is 330 g/mol. The first kappa shape index (κ1) is 16.9. The van der Waals surface area contributed by atoms with Crippen LogP contribution in [0.4, 0.5) is 11.4 Å². The van der Waals surface area contributed by atoms with Gasteiger partial charge in [-0.05, 0) is 29.8 Å². The van der Waals surface area contributed by atoms with Gasteiger partial charge in [-0.3, -0.25) is 14.9 Å². The molecule has 24 heavy (non-hydrogen) atoms. The van der Waals surface area contributed by atoms with Gasteiger partial charge in [-0.2, -0.15) is 0 Å². The van der Waals surface area contributed by atoms with Crippen LogP contribution in [-0.4, -0.2) is 28.5 Å². The Kier molecular flexibility index (Phi) is 5.45. The number of amides is 1. The summed E-state index contributed by atoms with van der Waals surface area (Å²) in [6.07, 6.45) is 0.0786. The molecule has 8 heteroatoms. The number of anilines is 1. The highest BCUT2D eigenvalue weighted by atomic mass is 16.6. The van der Waals surface area contributed by atoms with Crippen LogP contribution in [0.2, 0.25) is 0 Å². The lowest BCUT2D eigenvalue weighted by atomic mass is 10.1. The number of aliphatic carboxylic acids is 1. The van der Waals surface area contributed by atoms with Crippen molar-refractivity contribution in [1.82, 2.24) is 0 Å². The molecular weight excluding hydrogens is 316 g/mol. The number of hydrogen-bond donors (Lipinski definition) is 2. The van der Waals surface area contributed by atoms with Gasteiger partial charge in [0.25, 0.3) is 5.69 Å². The van der Waals surface area contributed by atoms with Crippen molar-refractivity contribution in [2.24, 2.45) is 0 Å². The normalized spacial score (nSPS) is 10.0. The maximum absolute atomic E-state index is 11.9. The first-order chi connectivity index (χ1) is 11.4. The van der Waals surface area contributed by atoms with Crippen LogP contribution in [0.15, 0.2) is 48.5 Å². The van der Waals surface area contributed by atoms with Crippen molar-refractivity contribution < 1.29 is 24.4 Å². The molecule has 0 heterocycles. The van der Waals surface area contributed by atoms with Gasteiger partial charge in [-0.15, -0.1) is 0 Å². The molecule has 0 saturated carbocycles. The van der Waals surface area contributed by atoms with Gasteiger partial charge in [0, 0.05) is 17.8 Å². The molecule has 0 aliphatic rings. The highest BCUT2D eigenvalue weighted by molar-refractivity contribution is 5.92. The van der Waals surface area contributed by atoms with E-state index in [-0.39, 0.29) is 18.0 Å². The fourth-order valence-electron chi connectivity index (χ4n) is 1.91. The van der Waals surface area contributed by atoms with Crippen molar-refractivity contribution in [2.75, 3.05) is 11.9 Å². The summed E-state index contributed by atoms with van der Waals surface area (Å²) in [6.45, 7) is -0.439. The highest BCUT2D eigenvalue weighted by Gasteiger charge is 2.08. The van der Waals surface area contributed by atoms with Gasteiger partial charge in [-0.1, -0.05) is 12.1 Å². The van der Waals surface area contributed by atoms with Crippen molar-refractivity contribution in [1.29, 1.82) is 0 Å². The molecule has 0 radical (unpaired) electrons. The summed E-state index contributed by atoms with van der Waals surface area (Å²) in [6, 6.07) is 12.0. The number of rotatable bonds is 7. The van der Waals surface area contributed by atoms with Gasteiger partial charge in [0.15, 0.2) is 6.61 Å². The Bertz CT molecular complexity index is 740. The number of hydrogen-bond acceptors (Lipinski definition) is 5.